The van der Waals surface area contributed by atoms with Gasteiger partial charge in [-0.25, -0.2) is 4.98 Å². The van der Waals surface area contributed by atoms with E-state index in [0.29, 0.717) is 19.0 Å². The van der Waals surface area contributed by atoms with Crippen LogP contribution in [-0.4, -0.2) is 22.0 Å². The Balaban J connectivity index is 1.96. The minimum Gasteiger partial charge on any atom is -0.354 e. The molecule has 0 fully saturated rings. The molecule has 1 N–H and O–H groups in total. The zero-order valence-corrected chi connectivity index (χ0v) is 13.6. The molecule has 114 valence electrons. The van der Waals surface area contributed by atoms with Crippen molar-refractivity contribution in [1.29, 1.82) is 0 Å². The molecule has 0 radical (unpaired) electrons. The zero-order valence-electron chi connectivity index (χ0n) is 12.7. The molecule has 3 rings (SSSR count). The van der Waals surface area contributed by atoms with Crippen LogP contribution in [0.4, 0.5) is 0 Å². The van der Waals surface area contributed by atoms with Gasteiger partial charge >= 0.3 is 0 Å². The molecule has 2 aromatic heterocycles. The maximum atomic E-state index is 12.2. The lowest BCUT2D eigenvalue weighted by atomic mass is 10.2. The second-order valence-electron chi connectivity index (χ2n) is 5.69. The molecule has 0 saturated heterocycles. The molecule has 0 saturated carbocycles. The number of hydrogen-bond donors (Lipinski definition) is 1. The fraction of sp³-hybridized carbons (Fsp3) is 0.294. The average molecular weight is 313 g/mol. The molecule has 0 aliphatic carbocycles. The highest BCUT2D eigenvalue weighted by molar-refractivity contribution is 7.13. The summed E-state index contributed by atoms with van der Waals surface area (Å²) in [5.74, 6) is 1.32. The number of fused-ring (bicyclic) bond motifs is 1. The Labute approximate surface area is 133 Å². The van der Waals surface area contributed by atoms with Crippen LogP contribution < -0.4 is 5.32 Å². The van der Waals surface area contributed by atoms with E-state index in [2.05, 4.69) is 19.2 Å². The average Bonchev–Trinajstić information content (AvgIpc) is 3.13. The van der Waals surface area contributed by atoms with Crippen molar-refractivity contribution < 1.29 is 4.79 Å². The molecule has 0 aliphatic heterocycles. The van der Waals surface area contributed by atoms with Crippen molar-refractivity contribution in [3.63, 3.8) is 0 Å². The normalized spacial score (nSPS) is 11.2. The lowest BCUT2D eigenvalue weighted by Gasteiger charge is -2.10. The van der Waals surface area contributed by atoms with Gasteiger partial charge in [-0.2, -0.15) is 0 Å². The number of para-hydroxylation sites is 2. The summed E-state index contributed by atoms with van der Waals surface area (Å²) in [5, 5.41) is 5.00. The summed E-state index contributed by atoms with van der Waals surface area (Å²) in [4.78, 5) is 18.0. The molecule has 0 aliphatic rings. The fourth-order valence-electron chi connectivity index (χ4n) is 2.35. The lowest BCUT2D eigenvalue weighted by Crippen LogP contribution is -2.30. The van der Waals surface area contributed by atoms with E-state index in [1.165, 1.54) is 0 Å². The first-order chi connectivity index (χ1) is 10.6. The number of amides is 1. The maximum Gasteiger partial charge on any atom is 0.240 e. The Hall–Kier alpha value is -2.14. The Morgan fingerprint density at radius 3 is 2.82 bits per heavy atom. The third-order valence-corrected chi connectivity index (χ3v) is 4.27. The number of aromatic nitrogens is 2. The highest BCUT2D eigenvalue weighted by atomic mass is 32.1. The van der Waals surface area contributed by atoms with E-state index in [0.717, 1.165) is 21.7 Å². The van der Waals surface area contributed by atoms with E-state index in [1.807, 2.05) is 46.3 Å². The van der Waals surface area contributed by atoms with E-state index in [1.54, 1.807) is 11.3 Å². The largest absolute Gasteiger partial charge is 0.354 e. The molecule has 1 aromatic carbocycles. The van der Waals surface area contributed by atoms with Gasteiger partial charge in [0.05, 0.1) is 15.9 Å². The third-order valence-electron chi connectivity index (χ3n) is 3.41. The van der Waals surface area contributed by atoms with Crippen LogP contribution in [-0.2, 0) is 11.3 Å². The van der Waals surface area contributed by atoms with Crippen LogP contribution in [0.2, 0.25) is 0 Å². The number of rotatable bonds is 5. The van der Waals surface area contributed by atoms with Crippen LogP contribution in [0.15, 0.2) is 41.8 Å². The van der Waals surface area contributed by atoms with Gasteiger partial charge in [-0.05, 0) is 29.5 Å². The summed E-state index contributed by atoms with van der Waals surface area (Å²) in [6.45, 7) is 5.16. The minimum atomic E-state index is 0.0228. The molecule has 5 heteroatoms. The molecule has 4 nitrogen and oxygen atoms in total. The Kier molecular flexibility index (Phi) is 4.24. The van der Waals surface area contributed by atoms with E-state index >= 15 is 0 Å². The van der Waals surface area contributed by atoms with Crippen LogP contribution in [0, 0.1) is 5.92 Å². The van der Waals surface area contributed by atoms with Gasteiger partial charge < -0.3 is 9.88 Å². The number of imidazole rings is 1. The van der Waals surface area contributed by atoms with Crippen LogP contribution >= 0.6 is 11.3 Å². The van der Waals surface area contributed by atoms with Gasteiger partial charge in [0.1, 0.15) is 6.54 Å². The zero-order chi connectivity index (χ0) is 15.5. The minimum absolute atomic E-state index is 0.0228. The predicted molar refractivity (Wildman–Crippen MR) is 90.9 cm³/mol. The van der Waals surface area contributed by atoms with Crippen LogP contribution in [0.3, 0.4) is 0 Å². The molecule has 2 heterocycles. The Morgan fingerprint density at radius 1 is 1.27 bits per heavy atom. The quantitative estimate of drug-likeness (QED) is 0.783. The van der Waals surface area contributed by atoms with Gasteiger partial charge in [0.15, 0.2) is 5.82 Å². The molecule has 0 atom stereocenters. The van der Waals surface area contributed by atoms with Gasteiger partial charge in [-0.15, -0.1) is 11.3 Å². The molecule has 0 unspecified atom stereocenters. The second-order valence-corrected chi connectivity index (χ2v) is 6.63. The van der Waals surface area contributed by atoms with Crippen molar-refractivity contribution in [2.45, 2.75) is 20.4 Å². The number of carbonyl (C=O) groups excluding carboxylic acids is 1. The highest BCUT2D eigenvalue weighted by Gasteiger charge is 2.15. The van der Waals surface area contributed by atoms with Crippen molar-refractivity contribution in [2.24, 2.45) is 5.92 Å². The topological polar surface area (TPSA) is 46.9 Å². The SMILES string of the molecule is CC(C)CNC(=O)Cn1c(-c2cccs2)nc2ccccc21. The van der Waals surface area contributed by atoms with Gasteiger partial charge in [0, 0.05) is 6.54 Å². The molecule has 0 spiro atoms. The van der Waals surface area contributed by atoms with Crippen molar-refractivity contribution >= 4 is 28.3 Å². The number of carbonyl (C=O) groups is 1. The molecule has 22 heavy (non-hydrogen) atoms. The van der Waals surface area contributed by atoms with Crippen LogP contribution in [0.5, 0.6) is 0 Å². The van der Waals surface area contributed by atoms with E-state index in [9.17, 15) is 4.79 Å². The summed E-state index contributed by atoms with van der Waals surface area (Å²) < 4.78 is 2.00. The summed E-state index contributed by atoms with van der Waals surface area (Å²) in [6.07, 6.45) is 0. The first-order valence-electron chi connectivity index (χ1n) is 7.41. The smallest absolute Gasteiger partial charge is 0.240 e. The van der Waals surface area contributed by atoms with E-state index < -0.39 is 0 Å². The van der Waals surface area contributed by atoms with Gasteiger partial charge in [0.25, 0.3) is 0 Å². The molecular formula is C17H19N3OS. The summed E-state index contributed by atoms with van der Waals surface area (Å²) >= 11 is 1.64. The van der Waals surface area contributed by atoms with Gasteiger partial charge in [-0.1, -0.05) is 32.0 Å². The van der Waals surface area contributed by atoms with Crippen LogP contribution in [0.25, 0.3) is 21.7 Å². The van der Waals surface area contributed by atoms with Gasteiger partial charge in [-0.3, -0.25) is 4.79 Å². The van der Waals surface area contributed by atoms with Crippen molar-refractivity contribution in [3.8, 4) is 10.7 Å². The first-order valence-corrected chi connectivity index (χ1v) is 8.29. The van der Waals surface area contributed by atoms with E-state index in [4.69, 9.17) is 4.98 Å². The van der Waals surface area contributed by atoms with Crippen molar-refractivity contribution in [3.05, 3.63) is 41.8 Å². The lowest BCUT2D eigenvalue weighted by molar-refractivity contribution is -0.121. The number of nitrogens with one attached hydrogen (secondary N) is 1. The summed E-state index contributed by atoms with van der Waals surface area (Å²) in [5.41, 5.74) is 1.91. The molecular weight excluding hydrogens is 294 g/mol. The van der Waals surface area contributed by atoms with Crippen molar-refractivity contribution in [1.82, 2.24) is 14.9 Å². The summed E-state index contributed by atoms with van der Waals surface area (Å²) in [7, 11) is 0. The second kappa shape index (κ2) is 6.32. The monoisotopic (exact) mass is 313 g/mol. The number of benzene rings is 1. The predicted octanol–water partition coefficient (Wildman–Crippen LogP) is 3.54. The third kappa shape index (κ3) is 3.04. The maximum absolute atomic E-state index is 12.2. The van der Waals surface area contributed by atoms with Crippen molar-refractivity contribution in [2.75, 3.05) is 6.54 Å². The Bertz CT molecular complexity index is 774. The fourth-order valence-corrected chi connectivity index (χ4v) is 3.07. The van der Waals surface area contributed by atoms with Gasteiger partial charge in [0.2, 0.25) is 5.91 Å². The molecule has 0 bridgehead atoms. The number of thiophene rings is 1. The van der Waals surface area contributed by atoms with Crippen LogP contribution in [0.1, 0.15) is 13.8 Å². The molecule has 1 amide bonds. The van der Waals surface area contributed by atoms with E-state index in [-0.39, 0.29) is 5.91 Å². The number of nitrogens with zero attached hydrogens (tertiary/aromatic N) is 2. The Morgan fingerprint density at radius 2 is 2.09 bits per heavy atom. The first kappa shape index (κ1) is 14.8. The summed E-state index contributed by atoms with van der Waals surface area (Å²) in [6, 6.07) is 12.0. The highest BCUT2D eigenvalue weighted by Crippen LogP contribution is 2.28. The number of hydrogen-bond acceptors (Lipinski definition) is 3. The standard InChI is InChI=1S/C17H19N3OS/c1-12(2)10-18-16(21)11-20-14-7-4-3-6-13(14)19-17(20)15-8-5-9-22-15/h3-9,12H,10-11H2,1-2H3,(H,18,21). The molecule has 3 aromatic rings.